The molecule has 0 fully saturated rings. The first-order valence-corrected chi connectivity index (χ1v) is 5.02. The van der Waals surface area contributed by atoms with E-state index < -0.39 is 0 Å². The molecule has 68 valence electrons. The summed E-state index contributed by atoms with van der Waals surface area (Å²) in [6, 6.07) is 0. The summed E-state index contributed by atoms with van der Waals surface area (Å²) in [5.41, 5.74) is 3.19. The van der Waals surface area contributed by atoms with Gasteiger partial charge in [-0.05, 0) is 18.4 Å². The zero-order chi connectivity index (χ0) is 9.31. The smallest absolute Gasteiger partial charge is 0.0144 e. The summed E-state index contributed by atoms with van der Waals surface area (Å²) in [5.74, 6) is 0. The van der Waals surface area contributed by atoms with E-state index in [4.69, 9.17) is 0 Å². The van der Waals surface area contributed by atoms with Crippen molar-refractivity contribution in [2.24, 2.45) is 5.41 Å². The fourth-order valence-electron chi connectivity index (χ4n) is 2.06. The lowest BCUT2D eigenvalue weighted by molar-refractivity contribution is 0.521. The Labute approximate surface area is 80.3 Å². The summed E-state index contributed by atoms with van der Waals surface area (Å²) in [4.78, 5) is 0. The summed E-state index contributed by atoms with van der Waals surface area (Å²) in [7, 11) is 0. The maximum absolute atomic E-state index is 2.42. The van der Waals surface area contributed by atoms with Crippen LogP contribution in [0.3, 0.4) is 0 Å². The summed E-state index contributed by atoms with van der Waals surface area (Å²) >= 11 is 0. The highest BCUT2D eigenvalue weighted by molar-refractivity contribution is 5.45. The predicted molar refractivity (Wildman–Crippen MR) is 57.5 cm³/mol. The molecular formula is C13H16. The summed E-state index contributed by atoms with van der Waals surface area (Å²) in [6.07, 6.45) is 15.9. The number of hydrogen-bond acceptors (Lipinski definition) is 0. The summed E-state index contributed by atoms with van der Waals surface area (Å²) in [5, 5.41) is 0. The van der Waals surface area contributed by atoms with Gasteiger partial charge in [0.15, 0.2) is 0 Å². The molecule has 0 heteroatoms. The van der Waals surface area contributed by atoms with Crippen molar-refractivity contribution in [3.63, 3.8) is 0 Å². The molecule has 0 saturated carbocycles. The second-order valence-electron chi connectivity index (χ2n) is 4.08. The van der Waals surface area contributed by atoms with Gasteiger partial charge in [0.2, 0.25) is 0 Å². The first kappa shape index (κ1) is 8.55. The van der Waals surface area contributed by atoms with Crippen LogP contribution in [0.5, 0.6) is 0 Å². The molecule has 0 radical (unpaired) electrons. The van der Waals surface area contributed by atoms with Crippen LogP contribution in [-0.4, -0.2) is 0 Å². The molecule has 0 heterocycles. The van der Waals surface area contributed by atoms with Crippen LogP contribution < -0.4 is 0 Å². The Hall–Kier alpha value is -1.04. The second kappa shape index (κ2) is 3.02. The Balaban J connectivity index is 2.39. The zero-order valence-corrected chi connectivity index (χ0v) is 8.38. The van der Waals surface area contributed by atoms with Crippen molar-refractivity contribution in [3.8, 4) is 0 Å². The lowest BCUT2D eigenvalue weighted by Crippen LogP contribution is -2.19. The first-order chi connectivity index (χ1) is 6.24. The van der Waals surface area contributed by atoms with E-state index in [-0.39, 0.29) is 5.41 Å². The van der Waals surface area contributed by atoms with Gasteiger partial charge in [-0.3, -0.25) is 0 Å². The lowest BCUT2D eigenvalue weighted by Gasteiger charge is -2.32. The lowest BCUT2D eigenvalue weighted by atomic mass is 9.72. The molecule has 13 heavy (non-hydrogen) atoms. The number of hydrogen-bond donors (Lipinski definition) is 0. The van der Waals surface area contributed by atoms with Crippen LogP contribution in [0.1, 0.15) is 26.7 Å². The molecule has 0 aliphatic heterocycles. The predicted octanol–water partition coefficient (Wildman–Crippen LogP) is 3.79. The maximum Gasteiger partial charge on any atom is 0.0144 e. The Morgan fingerprint density at radius 2 is 2.23 bits per heavy atom. The molecule has 0 N–H and O–H groups in total. The van der Waals surface area contributed by atoms with E-state index in [9.17, 15) is 0 Å². The molecule has 0 bridgehead atoms. The Morgan fingerprint density at radius 3 is 3.00 bits per heavy atom. The quantitative estimate of drug-likeness (QED) is 0.564. The van der Waals surface area contributed by atoms with Gasteiger partial charge in [-0.25, -0.2) is 0 Å². The third-order valence-electron chi connectivity index (χ3n) is 3.00. The van der Waals surface area contributed by atoms with E-state index in [2.05, 4.69) is 50.3 Å². The van der Waals surface area contributed by atoms with E-state index >= 15 is 0 Å². The van der Waals surface area contributed by atoms with Gasteiger partial charge in [-0.15, -0.1) is 0 Å². The molecule has 0 amide bonds. The standard InChI is InChI=1S/C13H16/c1-3-11-7-8-12-6-4-5-9-13(12,2)10-11/h4-8,10H,3,9H2,1-2H3. The van der Waals surface area contributed by atoms with E-state index in [1.54, 1.807) is 0 Å². The van der Waals surface area contributed by atoms with E-state index in [0.29, 0.717) is 0 Å². The van der Waals surface area contributed by atoms with Crippen LogP contribution in [0.25, 0.3) is 0 Å². The molecule has 0 saturated heterocycles. The topological polar surface area (TPSA) is 0 Å². The normalized spacial score (nSPS) is 30.9. The highest BCUT2D eigenvalue weighted by Gasteiger charge is 2.27. The minimum atomic E-state index is 0.273. The third-order valence-corrected chi connectivity index (χ3v) is 3.00. The highest BCUT2D eigenvalue weighted by Crippen LogP contribution is 2.40. The fraction of sp³-hybridized carbons (Fsp3) is 0.385. The SMILES string of the molecule is CCC1=CC2(C)CC=CC=C2C=C1. The largest absolute Gasteiger partial charge is 0.0833 e. The van der Waals surface area contributed by atoms with Gasteiger partial charge in [0.05, 0.1) is 0 Å². The van der Waals surface area contributed by atoms with Gasteiger partial charge in [0.1, 0.15) is 0 Å². The van der Waals surface area contributed by atoms with Crippen LogP contribution >= 0.6 is 0 Å². The molecular weight excluding hydrogens is 156 g/mol. The monoisotopic (exact) mass is 172 g/mol. The molecule has 0 aromatic rings. The second-order valence-corrected chi connectivity index (χ2v) is 4.08. The van der Waals surface area contributed by atoms with Gasteiger partial charge < -0.3 is 0 Å². The molecule has 0 nitrogen and oxygen atoms in total. The van der Waals surface area contributed by atoms with Crippen LogP contribution in [0.4, 0.5) is 0 Å². The van der Waals surface area contributed by atoms with Gasteiger partial charge in [0.25, 0.3) is 0 Å². The molecule has 2 rings (SSSR count). The van der Waals surface area contributed by atoms with Gasteiger partial charge in [-0.1, -0.05) is 55.9 Å². The molecule has 0 aromatic carbocycles. The maximum atomic E-state index is 2.42. The zero-order valence-electron chi connectivity index (χ0n) is 8.38. The van der Waals surface area contributed by atoms with E-state index in [0.717, 1.165) is 12.8 Å². The molecule has 2 aliphatic rings. The van der Waals surface area contributed by atoms with Gasteiger partial charge in [-0.2, -0.15) is 0 Å². The molecule has 1 unspecified atom stereocenters. The van der Waals surface area contributed by atoms with Crippen molar-refractivity contribution in [2.45, 2.75) is 26.7 Å². The fourth-order valence-corrected chi connectivity index (χ4v) is 2.06. The van der Waals surface area contributed by atoms with Crippen molar-refractivity contribution in [1.29, 1.82) is 0 Å². The van der Waals surface area contributed by atoms with Gasteiger partial charge in [0, 0.05) is 5.41 Å². The Kier molecular flexibility index (Phi) is 1.99. The summed E-state index contributed by atoms with van der Waals surface area (Å²) < 4.78 is 0. The number of allylic oxidation sites excluding steroid dienone is 8. The number of fused-ring (bicyclic) bond motifs is 1. The molecule has 2 aliphatic carbocycles. The van der Waals surface area contributed by atoms with Crippen LogP contribution in [0.2, 0.25) is 0 Å². The van der Waals surface area contributed by atoms with Crippen LogP contribution in [-0.2, 0) is 0 Å². The number of rotatable bonds is 1. The van der Waals surface area contributed by atoms with Crippen LogP contribution in [0.15, 0.2) is 47.6 Å². The molecule has 0 aromatic heterocycles. The van der Waals surface area contributed by atoms with Crippen molar-refractivity contribution >= 4 is 0 Å². The Morgan fingerprint density at radius 1 is 1.38 bits per heavy atom. The average Bonchev–Trinajstić information content (AvgIpc) is 2.16. The van der Waals surface area contributed by atoms with Crippen molar-refractivity contribution in [2.75, 3.05) is 0 Å². The first-order valence-electron chi connectivity index (χ1n) is 5.02. The van der Waals surface area contributed by atoms with Crippen LogP contribution in [0, 0.1) is 5.41 Å². The van der Waals surface area contributed by atoms with Crippen molar-refractivity contribution in [1.82, 2.24) is 0 Å². The Bertz CT molecular complexity index is 326. The molecule has 0 spiro atoms. The van der Waals surface area contributed by atoms with Gasteiger partial charge >= 0.3 is 0 Å². The molecule has 1 atom stereocenters. The minimum absolute atomic E-state index is 0.273. The van der Waals surface area contributed by atoms with E-state index in [1.807, 2.05) is 0 Å². The summed E-state index contributed by atoms with van der Waals surface area (Å²) in [6.45, 7) is 4.54. The minimum Gasteiger partial charge on any atom is -0.0833 e. The van der Waals surface area contributed by atoms with Crippen molar-refractivity contribution < 1.29 is 0 Å². The van der Waals surface area contributed by atoms with Crippen molar-refractivity contribution in [3.05, 3.63) is 47.6 Å². The highest BCUT2D eigenvalue weighted by atomic mass is 14.3. The van der Waals surface area contributed by atoms with E-state index in [1.165, 1.54) is 11.1 Å². The third kappa shape index (κ3) is 1.41. The average molecular weight is 172 g/mol.